The summed E-state index contributed by atoms with van der Waals surface area (Å²) in [4.78, 5) is 19.3. The van der Waals surface area contributed by atoms with E-state index in [0.29, 0.717) is 5.56 Å². The highest BCUT2D eigenvalue weighted by Gasteiger charge is 2.30. The zero-order valence-electron chi connectivity index (χ0n) is 10.2. The second-order valence-electron chi connectivity index (χ2n) is 3.96. The average Bonchev–Trinajstić information content (AvgIpc) is 2.45. The quantitative estimate of drug-likeness (QED) is 0.940. The predicted octanol–water partition coefficient (Wildman–Crippen LogP) is 2.43. The summed E-state index contributed by atoms with van der Waals surface area (Å²) < 4.78 is 37.5. The number of halogens is 3. The second kappa shape index (κ2) is 5.68. The van der Waals surface area contributed by atoms with E-state index in [-0.39, 0.29) is 12.2 Å². The Labute approximate surface area is 112 Å². The van der Waals surface area contributed by atoms with Crippen LogP contribution in [0.1, 0.15) is 21.6 Å². The van der Waals surface area contributed by atoms with E-state index in [1.54, 1.807) is 12.1 Å². The van der Waals surface area contributed by atoms with Crippen LogP contribution in [0.5, 0.6) is 0 Å². The molecule has 0 atom stereocenters. The van der Waals surface area contributed by atoms with Crippen molar-refractivity contribution in [3.63, 3.8) is 0 Å². The molecule has 20 heavy (non-hydrogen) atoms. The Balaban J connectivity index is 2.03. The van der Waals surface area contributed by atoms with Crippen LogP contribution in [0, 0.1) is 0 Å². The molecule has 2 aromatic rings. The molecule has 2 aromatic heterocycles. The Morgan fingerprint density at radius 3 is 2.70 bits per heavy atom. The van der Waals surface area contributed by atoms with Gasteiger partial charge in [0.1, 0.15) is 0 Å². The van der Waals surface area contributed by atoms with E-state index >= 15 is 0 Å². The summed E-state index contributed by atoms with van der Waals surface area (Å²) in [6.45, 7) is -0.0857. The molecule has 7 heteroatoms. The monoisotopic (exact) mass is 281 g/mol. The van der Waals surface area contributed by atoms with Crippen LogP contribution in [0.4, 0.5) is 13.2 Å². The van der Waals surface area contributed by atoms with Crippen molar-refractivity contribution in [2.45, 2.75) is 12.7 Å². The van der Waals surface area contributed by atoms with Gasteiger partial charge < -0.3 is 5.32 Å². The van der Waals surface area contributed by atoms with Crippen LogP contribution in [-0.4, -0.2) is 15.9 Å². The first-order valence-corrected chi connectivity index (χ1v) is 5.67. The maximum atomic E-state index is 12.5. The molecule has 2 rings (SSSR count). The molecular weight excluding hydrogens is 271 g/mol. The number of hydrogen-bond acceptors (Lipinski definition) is 3. The van der Waals surface area contributed by atoms with E-state index in [0.717, 1.165) is 18.3 Å². The minimum absolute atomic E-state index is 0.0857. The zero-order chi connectivity index (χ0) is 14.6. The number of alkyl halides is 3. The molecular formula is C13H10F3N3O. The van der Waals surface area contributed by atoms with Crippen molar-refractivity contribution in [2.24, 2.45) is 0 Å². The third-order valence-corrected chi connectivity index (χ3v) is 2.50. The number of nitrogens with zero attached hydrogens (tertiary/aromatic N) is 2. The molecule has 0 spiro atoms. The van der Waals surface area contributed by atoms with E-state index in [1.807, 2.05) is 0 Å². The zero-order valence-corrected chi connectivity index (χ0v) is 10.2. The van der Waals surface area contributed by atoms with Crippen molar-refractivity contribution in [3.8, 4) is 0 Å². The molecule has 4 nitrogen and oxygen atoms in total. The molecule has 0 bridgehead atoms. The first-order chi connectivity index (χ1) is 9.47. The summed E-state index contributed by atoms with van der Waals surface area (Å²) in [6, 6.07) is 4.94. The summed E-state index contributed by atoms with van der Waals surface area (Å²) in [6.07, 6.45) is -0.473. The van der Waals surface area contributed by atoms with E-state index in [1.165, 1.54) is 12.4 Å². The number of pyridine rings is 2. The molecule has 1 amide bonds. The highest BCUT2D eigenvalue weighted by atomic mass is 19.4. The minimum Gasteiger partial charge on any atom is -0.346 e. The molecule has 0 aliphatic heterocycles. The number of rotatable bonds is 3. The standard InChI is InChI=1S/C13H10F3N3O/c14-13(15,16)10-3-5-18-11(6-10)8-19-12(20)9-2-1-4-17-7-9/h1-7H,8H2,(H,19,20). The van der Waals surface area contributed by atoms with Crippen molar-refractivity contribution < 1.29 is 18.0 Å². The summed E-state index contributed by atoms with van der Waals surface area (Å²) in [5, 5.41) is 2.49. The van der Waals surface area contributed by atoms with Gasteiger partial charge in [-0.25, -0.2) is 0 Å². The molecule has 0 saturated heterocycles. The molecule has 0 saturated carbocycles. The average molecular weight is 281 g/mol. The van der Waals surface area contributed by atoms with E-state index < -0.39 is 17.6 Å². The van der Waals surface area contributed by atoms with Crippen LogP contribution >= 0.6 is 0 Å². The van der Waals surface area contributed by atoms with Gasteiger partial charge in [0, 0.05) is 18.6 Å². The minimum atomic E-state index is -4.43. The van der Waals surface area contributed by atoms with Crippen molar-refractivity contribution >= 4 is 5.91 Å². The second-order valence-corrected chi connectivity index (χ2v) is 3.96. The lowest BCUT2D eigenvalue weighted by molar-refractivity contribution is -0.137. The van der Waals surface area contributed by atoms with Gasteiger partial charge in [0.05, 0.1) is 23.4 Å². The first-order valence-electron chi connectivity index (χ1n) is 5.67. The smallest absolute Gasteiger partial charge is 0.346 e. The molecule has 1 N–H and O–H groups in total. The maximum absolute atomic E-state index is 12.5. The lowest BCUT2D eigenvalue weighted by atomic mass is 10.2. The van der Waals surface area contributed by atoms with E-state index in [9.17, 15) is 18.0 Å². The van der Waals surface area contributed by atoms with Gasteiger partial charge in [-0.05, 0) is 24.3 Å². The topological polar surface area (TPSA) is 54.9 Å². The van der Waals surface area contributed by atoms with Gasteiger partial charge in [0.2, 0.25) is 0 Å². The van der Waals surface area contributed by atoms with Crippen molar-refractivity contribution in [1.29, 1.82) is 0 Å². The third-order valence-electron chi connectivity index (χ3n) is 2.50. The summed E-state index contributed by atoms with van der Waals surface area (Å²) in [5.74, 6) is -0.419. The summed E-state index contributed by atoms with van der Waals surface area (Å²) >= 11 is 0. The Morgan fingerprint density at radius 1 is 1.25 bits per heavy atom. The largest absolute Gasteiger partial charge is 0.416 e. The molecule has 0 aliphatic rings. The Hall–Kier alpha value is -2.44. The predicted molar refractivity (Wildman–Crippen MR) is 64.6 cm³/mol. The van der Waals surface area contributed by atoms with Crippen LogP contribution in [0.25, 0.3) is 0 Å². The summed E-state index contributed by atoms with van der Waals surface area (Å²) in [7, 11) is 0. The van der Waals surface area contributed by atoms with Crippen molar-refractivity contribution in [1.82, 2.24) is 15.3 Å². The van der Waals surface area contributed by atoms with Crippen molar-refractivity contribution in [3.05, 3.63) is 59.7 Å². The van der Waals surface area contributed by atoms with Gasteiger partial charge in [-0.1, -0.05) is 0 Å². The Bertz CT molecular complexity index is 599. The fraction of sp³-hybridized carbons (Fsp3) is 0.154. The molecule has 0 unspecified atom stereocenters. The third kappa shape index (κ3) is 3.53. The van der Waals surface area contributed by atoms with Crippen LogP contribution in [0.2, 0.25) is 0 Å². The van der Waals surface area contributed by atoms with Crippen molar-refractivity contribution in [2.75, 3.05) is 0 Å². The Kier molecular flexibility index (Phi) is 3.97. The van der Waals surface area contributed by atoms with Gasteiger partial charge in [-0.3, -0.25) is 14.8 Å². The summed E-state index contributed by atoms with van der Waals surface area (Å²) in [5.41, 5.74) is -0.324. The Morgan fingerprint density at radius 2 is 2.05 bits per heavy atom. The molecule has 104 valence electrons. The lowest BCUT2D eigenvalue weighted by Gasteiger charge is -2.08. The number of carbonyl (C=O) groups excluding carboxylic acids is 1. The number of aromatic nitrogens is 2. The van der Waals surface area contributed by atoms with Crippen LogP contribution in [-0.2, 0) is 12.7 Å². The first kappa shape index (κ1) is 14.0. The fourth-order valence-corrected chi connectivity index (χ4v) is 1.52. The van der Waals surface area contributed by atoms with E-state index in [2.05, 4.69) is 15.3 Å². The highest BCUT2D eigenvalue weighted by Crippen LogP contribution is 2.28. The molecule has 0 fully saturated rings. The van der Waals surface area contributed by atoms with Gasteiger partial charge in [0.15, 0.2) is 0 Å². The number of amides is 1. The van der Waals surface area contributed by atoms with Crippen LogP contribution in [0.3, 0.4) is 0 Å². The highest BCUT2D eigenvalue weighted by molar-refractivity contribution is 5.93. The number of carbonyl (C=O) groups is 1. The SMILES string of the molecule is O=C(NCc1cc(C(F)(F)F)ccn1)c1cccnc1. The van der Waals surface area contributed by atoms with Gasteiger partial charge in [-0.2, -0.15) is 13.2 Å². The maximum Gasteiger partial charge on any atom is 0.416 e. The molecule has 2 heterocycles. The lowest BCUT2D eigenvalue weighted by Crippen LogP contribution is -2.23. The number of nitrogens with one attached hydrogen (secondary N) is 1. The van der Waals surface area contributed by atoms with E-state index in [4.69, 9.17) is 0 Å². The van der Waals surface area contributed by atoms with Crippen LogP contribution in [0.15, 0.2) is 42.9 Å². The number of hydrogen-bond donors (Lipinski definition) is 1. The fourth-order valence-electron chi connectivity index (χ4n) is 1.52. The molecule has 0 aliphatic carbocycles. The van der Waals surface area contributed by atoms with Gasteiger partial charge >= 0.3 is 6.18 Å². The van der Waals surface area contributed by atoms with Crippen LogP contribution < -0.4 is 5.32 Å². The van der Waals surface area contributed by atoms with Gasteiger partial charge in [-0.15, -0.1) is 0 Å². The normalized spacial score (nSPS) is 11.2. The molecule has 0 radical (unpaired) electrons. The molecule has 0 aromatic carbocycles. The van der Waals surface area contributed by atoms with Gasteiger partial charge in [0.25, 0.3) is 5.91 Å².